The van der Waals surface area contributed by atoms with E-state index in [1.165, 1.54) is 18.2 Å². The average molecular weight is 558 g/mol. The highest BCUT2D eigenvalue weighted by atomic mass is 16.5. The van der Waals surface area contributed by atoms with Crippen LogP contribution in [0.2, 0.25) is 0 Å². The molecule has 1 unspecified atom stereocenters. The Balaban J connectivity index is 2.01. The number of hydrogen-bond acceptors (Lipinski definition) is 5. The molecule has 0 aromatic heterocycles. The zero-order valence-electron chi connectivity index (χ0n) is 25.4. The normalized spacial score (nSPS) is 13.0. The lowest BCUT2D eigenvalue weighted by Gasteiger charge is -2.33. The van der Waals surface area contributed by atoms with Crippen molar-refractivity contribution < 1.29 is 19.4 Å². The maximum absolute atomic E-state index is 13.9. The van der Waals surface area contributed by atoms with Crippen LogP contribution in [-0.4, -0.2) is 29.6 Å². The van der Waals surface area contributed by atoms with Gasteiger partial charge >= 0.3 is 5.97 Å². The van der Waals surface area contributed by atoms with Gasteiger partial charge in [-0.3, -0.25) is 9.59 Å². The number of carbonyl (C=O) groups is 2. The van der Waals surface area contributed by atoms with E-state index < -0.39 is 23.4 Å². The van der Waals surface area contributed by atoms with E-state index in [1.807, 2.05) is 76.2 Å². The number of methoxy groups -OCH3 is 1. The van der Waals surface area contributed by atoms with Crippen molar-refractivity contribution in [2.45, 2.75) is 84.4 Å². The van der Waals surface area contributed by atoms with E-state index in [1.54, 1.807) is 0 Å². The van der Waals surface area contributed by atoms with Gasteiger partial charge in [-0.15, -0.1) is 0 Å². The number of Topliss-reactive ketones (excluding diaryl/α,β-unsaturated/α-hetero) is 1. The molecule has 41 heavy (non-hydrogen) atoms. The molecule has 0 aliphatic rings. The van der Waals surface area contributed by atoms with Gasteiger partial charge in [0, 0.05) is 31.1 Å². The number of ether oxygens (including phenoxy) is 1. The smallest absolute Gasteiger partial charge is 0.316 e. The molecule has 0 heterocycles. The topological polar surface area (TPSA) is 66.8 Å². The van der Waals surface area contributed by atoms with E-state index in [4.69, 9.17) is 4.74 Å². The van der Waals surface area contributed by atoms with Gasteiger partial charge in [0.1, 0.15) is 5.92 Å². The summed E-state index contributed by atoms with van der Waals surface area (Å²) in [6, 6.07) is 28.9. The van der Waals surface area contributed by atoms with Crippen LogP contribution in [0.15, 0.2) is 84.9 Å². The number of hydrogen-bond donors (Lipinski definition) is 1. The third-order valence-electron chi connectivity index (χ3n) is 7.87. The first-order chi connectivity index (χ1) is 19.7. The van der Waals surface area contributed by atoms with Crippen LogP contribution in [0, 0.1) is 11.8 Å². The highest BCUT2D eigenvalue weighted by Gasteiger charge is 2.41. The minimum absolute atomic E-state index is 0.0135. The molecule has 3 aromatic rings. The lowest BCUT2D eigenvalue weighted by Crippen LogP contribution is -2.40. The molecular formula is C36H47NO4. The molecular weight excluding hydrogens is 510 g/mol. The molecule has 0 aliphatic carbocycles. The molecule has 0 aliphatic heterocycles. The minimum Gasteiger partial charge on any atom is -0.468 e. The van der Waals surface area contributed by atoms with Gasteiger partial charge in [0.15, 0.2) is 5.78 Å². The molecule has 1 N–H and O–H groups in total. The second-order valence-electron chi connectivity index (χ2n) is 11.6. The van der Waals surface area contributed by atoms with E-state index in [-0.39, 0.29) is 18.1 Å². The first kappa shape index (κ1) is 32.1. The number of rotatable bonds is 16. The molecule has 0 spiro atoms. The summed E-state index contributed by atoms with van der Waals surface area (Å²) in [4.78, 5) is 29.4. The predicted molar refractivity (Wildman–Crippen MR) is 167 cm³/mol. The Hall–Kier alpha value is -3.44. The first-order valence-electron chi connectivity index (χ1n) is 15.0. The summed E-state index contributed by atoms with van der Waals surface area (Å²) in [6.45, 7) is 9.51. The Morgan fingerprint density at radius 2 is 1.37 bits per heavy atom. The van der Waals surface area contributed by atoms with Crippen LogP contribution >= 0.6 is 0 Å². The summed E-state index contributed by atoms with van der Waals surface area (Å²) in [7, 11) is 1.34. The molecule has 0 bridgehead atoms. The van der Waals surface area contributed by atoms with E-state index >= 15 is 0 Å². The molecule has 3 aromatic carbocycles. The summed E-state index contributed by atoms with van der Waals surface area (Å²) in [5.74, 6) is -2.19. The second kappa shape index (κ2) is 15.5. The summed E-state index contributed by atoms with van der Waals surface area (Å²) in [5, 5.41) is 11.3. The van der Waals surface area contributed by atoms with Crippen LogP contribution < -0.4 is 4.90 Å². The fourth-order valence-electron chi connectivity index (χ4n) is 6.01. The molecule has 0 fully saturated rings. The zero-order valence-corrected chi connectivity index (χ0v) is 25.4. The van der Waals surface area contributed by atoms with Crippen LogP contribution in [0.5, 0.6) is 0 Å². The molecule has 0 amide bonds. The Morgan fingerprint density at radius 1 is 0.829 bits per heavy atom. The average Bonchev–Trinajstić information content (AvgIpc) is 2.96. The number of carbonyl (C=O) groups excluding carboxylic acids is 2. The maximum atomic E-state index is 13.9. The van der Waals surface area contributed by atoms with Crippen LogP contribution in [0.3, 0.4) is 0 Å². The van der Waals surface area contributed by atoms with E-state index in [0.717, 1.165) is 24.1 Å². The Kier molecular flexibility index (Phi) is 12.2. The van der Waals surface area contributed by atoms with Gasteiger partial charge in [-0.2, -0.15) is 0 Å². The van der Waals surface area contributed by atoms with Gasteiger partial charge in [-0.05, 0) is 47.6 Å². The van der Waals surface area contributed by atoms with Crippen molar-refractivity contribution in [1.29, 1.82) is 0 Å². The van der Waals surface area contributed by atoms with Crippen molar-refractivity contribution in [3.8, 4) is 0 Å². The van der Waals surface area contributed by atoms with Crippen LogP contribution in [-0.2, 0) is 27.4 Å². The van der Waals surface area contributed by atoms with Crippen LogP contribution in [0.25, 0.3) is 0 Å². The van der Waals surface area contributed by atoms with Crippen molar-refractivity contribution in [2.24, 2.45) is 11.8 Å². The molecule has 5 nitrogen and oxygen atoms in total. The van der Waals surface area contributed by atoms with Crippen molar-refractivity contribution in [3.05, 3.63) is 102 Å². The lowest BCUT2D eigenvalue weighted by atomic mass is 9.73. The van der Waals surface area contributed by atoms with Gasteiger partial charge in [0.2, 0.25) is 0 Å². The molecule has 2 atom stereocenters. The lowest BCUT2D eigenvalue weighted by molar-refractivity contribution is -0.152. The molecule has 3 rings (SSSR count). The summed E-state index contributed by atoms with van der Waals surface area (Å²) in [6.07, 6.45) is 2.53. The van der Waals surface area contributed by atoms with Crippen molar-refractivity contribution in [1.82, 2.24) is 0 Å². The van der Waals surface area contributed by atoms with Gasteiger partial charge in [-0.1, -0.05) is 113 Å². The highest BCUT2D eigenvalue weighted by molar-refractivity contribution is 6.00. The monoisotopic (exact) mass is 557 g/mol. The van der Waals surface area contributed by atoms with Crippen molar-refractivity contribution in [2.75, 3.05) is 12.0 Å². The van der Waals surface area contributed by atoms with E-state index in [9.17, 15) is 14.7 Å². The third-order valence-corrected chi connectivity index (χ3v) is 7.87. The number of aliphatic hydroxyl groups is 1. The van der Waals surface area contributed by atoms with E-state index in [2.05, 4.69) is 41.3 Å². The third kappa shape index (κ3) is 9.02. The molecule has 5 heteroatoms. The van der Waals surface area contributed by atoms with Crippen LogP contribution in [0.1, 0.15) is 82.4 Å². The molecule has 0 radical (unpaired) electrons. The van der Waals surface area contributed by atoms with Gasteiger partial charge < -0.3 is 14.7 Å². The standard InChI is InChI=1S/C36H47NO4/c1-6-21-36(40,22-7-2)24-32(38)34(35(39)41-5)33(27(3)4)30-19-14-20-31(23-30)37(25-28-15-10-8-11-16-28)26-29-17-12-9-13-18-29/h8-20,23,27,33-34,40H,6-7,21-22,24-26H2,1-5H3/t33-,34?/m0/s1. The second-order valence-corrected chi connectivity index (χ2v) is 11.6. The Bertz CT molecular complexity index is 1180. The first-order valence-corrected chi connectivity index (χ1v) is 15.0. The van der Waals surface area contributed by atoms with Crippen molar-refractivity contribution in [3.63, 3.8) is 0 Å². The zero-order chi connectivity index (χ0) is 29.8. The number of nitrogens with zero attached hydrogens (tertiary/aromatic N) is 1. The van der Waals surface area contributed by atoms with Gasteiger partial charge in [0.25, 0.3) is 0 Å². The summed E-state index contributed by atoms with van der Waals surface area (Å²) in [5.41, 5.74) is 3.22. The number of ketones is 1. The van der Waals surface area contributed by atoms with Crippen molar-refractivity contribution >= 4 is 17.4 Å². The predicted octanol–water partition coefficient (Wildman–Crippen LogP) is 7.71. The molecule has 0 saturated carbocycles. The number of benzene rings is 3. The van der Waals surface area contributed by atoms with Crippen LogP contribution in [0.4, 0.5) is 5.69 Å². The quantitative estimate of drug-likeness (QED) is 0.144. The fraction of sp³-hybridized carbons (Fsp3) is 0.444. The molecule has 220 valence electrons. The minimum atomic E-state index is -1.11. The Labute approximate surface area is 246 Å². The SMILES string of the molecule is CCCC(O)(CCC)CC(=O)C(C(=O)OC)[C@H](c1cccc(N(Cc2ccccc2)Cc2ccccc2)c1)C(C)C. The number of esters is 1. The number of anilines is 1. The molecule has 0 saturated heterocycles. The highest BCUT2D eigenvalue weighted by Crippen LogP contribution is 2.38. The van der Waals surface area contributed by atoms with Gasteiger partial charge in [0.05, 0.1) is 12.7 Å². The largest absolute Gasteiger partial charge is 0.468 e. The van der Waals surface area contributed by atoms with E-state index in [0.29, 0.717) is 25.9 Å². The fourth-order valence-corrected chi connectivity index (χ4v) is 6.01. The Morgan fingerprint density at radius 3 is 1.83 bits per heavy atom. The summed E-state index contributed by atoms with van der Waals surface area (Å²) >= 11 is 0. The van der Waals surface area contributed by atoms with Gasteiger partial charge in [-0.25, -0.2) is 0 Å². The maximum Gasteiger partial charge on any atom is 0.316 e. The summed E-state index contributed by atoms with van der Waals surface area (Å²) < 4.78 is 5.20.